The number of carbonyl (C=O) groups excluding carboxylic acids is 1. The Labute approximate surface area is 192 Å². The lowest BCUT2D eigenvalue weighted by atomic mass is 9.86. The van der Waals surface area contributed by atoms with Gasteiger partial charge in [-0.3, -0.25) is 14.5 Å². The molecule has 1 saturated heterocycles. The van der Waals surface area contributed by atoms with E-state index in [-0.39, 0.29) is 36.1 Å². The van der Waals surface area contributed by atoms with Crippen LogP contribution in [0, 0.1) is 11.8 Å². The monoisotopic (exact) mass is 445 g/mol. The summed E-state index contributed by atoms with van der Waals surface area (Å²) < 4.78 is 7.01. The van der Waals surface area contributed by atoms with Gasteiger partial charge in [-0.15, -0.1) is 0 Å². The van der Waals surface area contributed by atoms with Crippen molar-refractivity contribution in [1.82, 2.24) is 9.47 Å². The standard InChI is InChI=1S/C26H27N3O4/c1-28-22-14-29-21(13-12-19(26(29)32)16-8-10-18(33-2)11-9-16)24(28)23(20(22)15-30)25(31)27-17-6-4-3-5-7-17/h3-13,20,22-24,30H,14-15H2,1-2H3,(H,27,31)/t20-,22-,23+,24+/m0/s1. The predicted octanol–water partition coefficient (Wildman–Crippen LogP) is 2.76. The Morgan fingerprint density at radius 1 is 1.09 bits per heavy atom. The fourth-order valence-corrected chi connectivity index (χ4v) is 5.43. The van der Waals surface area contributed by atoms with Gasteiger partial charge in [-0.25, -0.2) is 0 Å². The van der Waals surface area contributed by atoms with Crippen LogP contribution in [0.2, 0.25) is 0 Å². The number of pyridine rings is 1. The quantitative estimate of drug-likeness (QED) is 0.631. The van der Waals surface area contributed by atoms with Crippen molar-refractivity contribution in [2.75, 3.05) is 26.1 Å². The second-order valence-electron chi connectivity index (χ2n) is 8.72. The smallest absolute Gasteiger partial charge is 0.258 e. The fraction of sp³-hybridized carbons (Fsp3) is 0.308. The molecule has 1 amide bonds. The lowest BCUT2D eigenvalue weighted by Gasteiger charge is -2.35. The number of likely N-dealkylation sites (N-methyl/N-ethyl adjacent to an activating group) is 1. The number of hydrogen-bond acceptors (Lipinski definition) is 5. The van der Waals surface area contributed by atoms with E-state index >= 15 is 0 Å². The number of aliphatic hydroxyl groups excluding tert-OH is 1. The molecule has 1 fully saturated rings. The third-order valence-electron chi connectivity index (χ3n) is 7.09. The molecule has 2 N–H and O–H groups in total. The highest BCUT2D eigenvalue weighted by Gasteiger charge is 2.54. The molecule has 1 aromatic heterocycles. The van der Waals surface area contributed by atoms with Crippen LogP contribution in [0.25, 0.3) is 11.1 Å². The van der Waals surface area contributed by atoms with Crippen molar-refractivity contribution in [3.63, 3.8) is 0 Å². The third kappa shape index (κ3) is 3.53. The molecule has 4 atom stereocenters. The molecule has 2 aliphatic rings. The molecule has 33 heavy (non-hydrogen) atoms. The Morgan fingerprint density at radius 3 is 2.48 bits per heavy atom. The summed E-state index contributed by atoms with van der Waals surface area (Å²) in [4.78, 5) is 29.0. The van der Waals surface area contributed by atoms with Crippen molar-refractivity contribution in [2.24, 2.45) is 11.8 Å². The van der Waals surface area contributed by atoms with Crippen LogP contribution in [-0.4, -0.2) is 47.3 Å². The number of ether oxygens (including phenoxy) is 1. The molecule has 3 aromatic rings. The molecule has 0 spiro atoms. The average molecular weight is 446 g/mol. The van der Waals surface area contributed by atoms with Crippen molar-refractivity contribution in [2.45, 2.75) is 18.6 Å². The van der Waals surface area contributed by atoms with Crippen molar-refractivity contribution < 1.29 is 14.6 Å². The number of nitrogens with one attached hydrogen (secondary N) is 1. The van der Waals surface area contributed by atoms with Crippen molar-refractivity contribution in [3.05, 3.63) is 82.8 Å². The highest BCUT2D eigenvalue weighted by molar-refractivity contribution is 5.93. The molecule has 0 saturated carbocycles. The predicted molar refractivity (Wildman–Crippen MR) is 126 cm³/mol. The number of amides is 1. The topological polar surface area (TPSA) is 83.8 Å². The molecule has 2 bridgehead atoms. The third-order valence-corrected chi connectivity index (χ3v) is 7.09. The summed E-state index contributed by atoms with van der Waals surface area (Å²) in [5.74, 6) is -0.146. The first kappa shape index (κ1) is 21.4. The van der Waals surface area contributed by atoms with E-state index in [4.69, 9.17) is 4.74 Å². The zero-order valence-corrected chi connectivity index (χ0v) is 18.6. The number of nitrogens with zero attached hydrogens (tertiary/aromatic N) is 2. The lowest BCUT2D eigenvalue weighted by Crippen LogP contribution is -2.44. The first-order valence-corrected chi connectivity index (χ1v) is 11.1. The van der Waals surface area contributed by atoms with Crippen LogP contribution in [0.4, 0.5) is 5.69 Å². The number of para-hydroxylation sites is 1. The van der Waals surface area contributed by atoms with Gasteiger partial charge in [0.1, 0.15) is 5.75 Å². The molecular formula is C26H27N3O4. The molecule has 0 unspecified atom stereocenters. The minimum Gasteiger partial charge on any atom is -0.497 e. The highest BCUT2D eigenvalue weighted by atomic mass is 16.5. The zero-order valence-electron chi connectivity index (χ0n) is 18.6. The normalized spacial score (nSPS) is 23.7. The van der Waals surface area contributed by atoms with E-state index in [1.54, 1.807) is 11.7 Å². The fourth-order valence-electron chi connectivity index (χ4n) is 5.43. The second kappa shape index (κ2) is 8.50. The van der Waals surface area contributed by atoms with Crippen LogP contribution in [0.1, 0.15) is 11.7 Å². The van der Waals surface area contributed by atoms with Crippen LogP contribution < -0.4 is 15.6 Å². The Hall–Kier alpha value is -3.42. The molecule has 0 radical (unpaired) electrons. The van der Waals surface area contributed by atoms with Crippen molar-refractivity contribution in [3.8, 4) is 16.9 Å². The molecule has 7 heteroatoms. The van der Waals surface area contributed by atoms with Crippen LogP contribution >= 0.6 is 0 Å². The van der Waals surface area contributed by atoms with E-state index in [2.05, 4.69) is 10.2 Å². The van der Waals surface area contributed by atoms with Gasteiger partial charge in [0.15, 0.2) is 0 Å². The minimum absolute atomic E-state index is 0.0819. The van der Waals surface area contributed by atoms with Crippen LogP contribution in [0.3, 0.4) is 0 Å². The number of carbonyl (C=O) groups is 1. The van der Waals surface area contributed by atoms with E-state index in [1.165, 1.54) is 0 Å². The first-order chi connectivity index (χ1) is 16.0. The average Bonchev–Trinajstić information content (AvgIpc) is 3.02. The van der Waals surface area contributed by atoms with Crippen LogP contribution in [-0.2, 0) is 11.3 Å². The van der Waals surface area contributed by atoms with E-state index in [0.717, 1.165) is 22.7 Å². The summed E-state index contributed by atoms with van der Waals surface area (Å²) in [6, 6.07) is 20.1. The molecule has 2 aromatic carbocycles. The molecular weight excluding hydrogens is 418 g/mol. The number of methoxy groups -OCH3 is 1. The van der Waals surface area contributed by atoms with Crippen LogP contribution in [0.15, 0.2) is 71.5 Å². The number of rotatable bonds is 5. The van der Waals surface area contributed by atoms with Gasteiger partial charge in [0, 0.05) is 42.1 Å². The Bertz CT molecular complexity index is 1220. The highest BCUT2D eigenvalue weighted by Crippen LogP contribution is 2.47. The molecule has 7 nitrogen and oxygen atoms in total. The Kier molecular flexibility index (Phi) is 5.52. The minimum atomic E-state index is -0.467. The summed E-state index contributed by atoms with van der Waals surface area (Å²) in [7, 11) is 3.58. The Morgan fingerprint density at radius 2 is 1.82 bits per heavy atom. The lowest BCUT2D eigenvalue weighted by molar-refractivity contribution is -0.122. The number of benzene rings is 2. The van der Waals surface area contributed by atoms with Gasteiger partial charge >= 0.3 is 0 Å². The van der Waals surface area contributed by atoms with E-state index in [0.29, 0.717) is 12.1 Å². The molecule has 0 aliphatic carbocycles. The summed E-state index contributed by atoms with van der Waals surface area (Å²) in [6.45, 7) is 0.317. The van der Waals surface area contributed by atoms with Gasteiger partial charge in [0.25, 0.3) is 5.56 Å². The molecule has 170 valence electrons. The SMILES string of the molecule is COc1ccc(-c2ccc3n(c2=O)C[C@H]2[C@H](CO)[C@@H](C(=O)Nc4ccccc4)[C@@H]3N2C)cc1. The van der Waals surface area contributed by atoms with Crippen LogP contribution in [0.5, 0.6) is 5.75 Å². The Balaban J connectivity index is 1.53. The summed E-state index contributed by atoms with van der Waals surface area (Å²) >= 11 is 0. The van der Waals surface area contributed by atoms with Crippen molar-refractivity contribution in [1.29, 1.82) is 0 Å². The van der Waals surface area contributed by atoms with Gasteiger partial charge in [0.05, 0.1) is 19.1 Å². The first-order valence-electron chi connectivity index (χ1n) is 11.1. The van der Waals surface area contributed by atoms with Gasteiger partial charge < -0.3 is 19.7 Å². The van der Waals surface area contributed by atoms with Gasteiger partial charge in [-0.2, -0.15) is 0 Å². The second-order valence-corrected chi connectivity index (χ2v) is 8.72. The maximum atomic E-state index is 13.5. The molecule has 2 aliphatic heterocycles. The number of fused-ring (bicyclic) bond motifs is 4. The summed E-state index contributed by atoms with van der Waals surface area (Å²) in [6.07, 6.45) is 0. The zero-order chi connectivity index (χ0) is 23.1. The number of aromatic nitrogens is 1. The van der Waals surface area contributed by atoms with E-state index in [9.17, 15) is 14.7 Å². The number of anilines is 1. The maximum Gasteiger partial charge on any atom is 0.258 e. The van der Waals surface area contributed by atoms with E-state index in [1.807, 2.05) is 73.8 Å². The number of aliphatic hydroxyl groups is 1. The van der Waals surface area contributed by atoms with Gasteiger partial charge in [-0.1, -0.05) is 30.3 Å². The summed E-state index contributed by atoms with van der Waals surface area (Å²) in [5.41, 5.74) is 2.87. The number of hydrogen-bond donors (Lipinski definition) is 2. The largest absolute Gasteiger partial charge is 0.497 e. The van der Waals surface area contributed by atoms with Crippen molar-refractivity contribution >= 4 is 11.6 Å². The van der Waals surface area contributed by atoms with Gasteiger partial charge in [0.2, 0.25) is 5.91 Å². The maximum absolute atomic E-state index is 13.5. The molecule has 5 rings (SSSR count). The van der Waals surface area contributed by atoms with E-state index < -0.39 is 5.92 Å². The van der Waals surface area contributed by atoms with Gasteiger partial charge in [-0.05, 0) is 49.0 Å². The summed E-state index contributed by atoms with van der Waals surface area (Å²) in [5, 5.41) is 13.2. The molecule has 3 heterocycles.